The van der Waals surface area contributed by atoms with Gasteiger partial charge in [-0.15, -0.1) is 0 Å². The molecule has 0 atom stereocenters. The smallest absolute Gasteiger partial charge is 0.433 e. The van der Waals surface area contributed by atoms with Gasteiger partial charge in [0, 0.05) is 6.07 Å². The molecule has 2 rings (SSSR count). The number of ether oxygens (including phenoxy) is 2. The lowest BCUT2D eigenvalue weighted by Crippen LogP contribution is -2.09. The van der Waals surface area contributed by atoms with Crippen LogP contribution in [0, 0.1) is 0 Å². The monoisotopic (exact) mass is 353 g/mol. The summed E-state index contributed by atoms with van der Waals surface area (Å²) < 4.78 is 48.1. The summed E-state index contributed by atoms with van der Waals surface area (Å²) in [6, 6.07) is 9.77. The molecule has 0 saturated heterocycles. The maximum atomic E-state index is 12.7. The number of alkyl halides is 3. The predicted molar refractivity (Wildman–Crippen MR) is 82.6 cm³/mol. The number of carboxylic acids is 1. The molecule has 0 bridgehead atoms. The van der Waals surface area contributed by atoms with Crippen LogP contribution in [0.5, 0.6) is 5.88 Å². The highest BCUT2D eigenvalue weighted by Gasteiger charge is 2.32. The molecule has 0 aliphatic rings. The first-order valence-corrected chi connectivity index (χ1v) is 7.04. The van der Waals surface area contributed by atoms with E-state index in [1.54, 1.807) is 24.3 Å². The van der Waals surface area contributed by atoms with Crippen molar-refractivity contribution in [2.45, 2.75) is 12.8 Å². The summed E-state index contributed by atoms with van der Waals surface area (Å²) in [4.78, 5) is 14.7. The maximum Gasteiger partial charge on any atom is 0.433 e. The van der Waals surface area contributed by atoms with Gasteiger partial charge in [0.05, 0.1) is 13.4 Å². The van der Waals surface area contributed by atoms with Crippen LogP contribution < -0.4 is 4.74 Å². The Hall–Kier alpha value is -3.03. The van der Waals surface area contributed by atoms with E-state index in [2.05, 4.69) is 4.98 Å². The zero-order chi connectivity index (χ0) is 18.4. The van der Waals surface area contributed by atoms with Crippen LogP contribution >= 0.6 is 0 Å². The second kappa shape index (κ2) is 7.69. The Labute approximate surface area is 141 Å². The second-order valence-corrected chi connectivity index (χ2v) is 4.88. The molecule has 8 heteroatoms. The highest BCUT2D eigenvalue weighted by molar-refractivity contribution is 6.15. The van der Waals surface area contributed by atoms with Crippen molar-refractivity contribution in [1.29, 1.82) is 0 Å². The number of carbonyl (C=O) groups is 1. The minimum atomic E-state index is -4.57. The number of methoxy groups -OCH3 is 1. The van der Waals surface area contributed by atoms with E-state index in [-0.39, 0.29) is 18.1 Å². The molecule has 5 nitrogen and oxygen atoms in total. The number of hydrogen-bond donors (Lipinski definition) is 1. The molecular formula is C17H14F3NO4. The standard InChI is InChI=1S/C17H14F3NO4/c1-24-10-13(16(22)23)12-6-3-2-5-11(12)9-25-15-8-4-7-14(21-15)17(18,19)20/h2-8,10H,9H2,1H3,(H,22,23)/b13-10+. The van der Waals surface area contributed by atoms with Gasteiger partial charge in [-0.3, -0.25) is 0 Å². The molecule has 1 aromatic heterocycles. The molecule has 132 valence electrons. The lowest BCUT2D eigenvalue weighted by atomic mass is 10.0. The number of carboxylic acid groups (broad SMARTS) is 1. The number of rotatable bonds is 6. The quantitative estimate of drug-likeness (QED) is 0.633. The summed E-state index contributed by atoms with van der Waals surface area (Å²) in [6.45, 7) is -0.154. The molecule has 1 heterocycles. The molecule has 0 fully saturated rings. The van der Waals surface area contributed by atoms with E-state index >= 15 is 0 Å². The number of hydrogen-bond acceptors (Lipinski definition) is 4. The van der Waals surface area contributed by atoms with Gasteiger partial charge in [0.2, 0.25) is 5.88 Å². The van der Waals surface area contributed by atoms with E-state index in [0.717, 1.165) is 12.3 Å². The number of benzene rings is 1. The Morgan fingerprint density at radius 3 is 2.56 bits per heavy atom. The van der Waals surface area contributed by atoms with Gasteiger partial charge in [-0.05, 0) is 17.2 Å². The highest BCUT2D eigenvalue weighted by Crippen LogP contribution is 2.29. The molecule has 0 unspecified atom stereocenters. The molecular weight excluding hydrogens is 339 g/mol. The van der Waals surface area contributed by atoms with Crippen LogP contribution in [0.25, 0.3) is 5.57 Å². The number of halogens is 3. The van der Waals surface area contributed by atoms with Gasteiger partial charge in [0.15, 0.2) is 0 Å². The van der Waals surface area contributed by atoms with Gasteiger partial charge in [0.25, 0.3) is 0 Å². The fourth-order valence-electron chi connectivity index (χ4n) is 2.06. The van der Waals surface area contributed by atoms with Gasteiger partial charge in [-0.25, -0.2) is 9.78 Å². The van der Waals surface area contributed by atoms with Crippen molar-refractivity contribution < 1.29 is 32.5 Å². The van der Waals surface area contributed by atoms with Gasteiger partial charge in [0.1, 0.15) is 17.9 Å². The van der Waals surface area contributed by atoms with E-state index in [0.29, 0.717) is 11.1 Å². The van der Waals surface area contributed by atoms with Crippen LogP contribution in [-0.4, -0.2) is 23.2 Å². The third-order valence-corrected chi connectivity index (χ3v) is 3.16. The van der Waals surface area contributed by atoms with Crippen LogP contribution in [-0.2, 0) is 22.3 Å². The highest BCUT2D eigenvalue weighted by atomic mass is 19.4. The summed E-state index contributed by atoms with van der Waals surface area (Å²) in [6.07, 6.45) is -3.50. The number of pyridine rings is 1. The zero-order valence-electron chi connectivity index (χ0n) is 13.1. The van der Waals surface area contributed by atoms with Crippen molar-refractivity contribution in [2.75, 3.05) is 7.11 Å². The Balaban J connectivity index is 2.25. The lowest BCUT2D eigenvalue weighted by Gasteiger charge is -2.12. The number of aromatic nitrogens is 1. The molecule has 25 heavy (non-hydrogen) atoms. The third kappa shape index (κ3) is 4.72. The first-order chi connectivity index (χ1) is 11.8. The minimum absolute atomic E-state index is 0.0984. The van der Waals surface area contributed by atoms with Crippen LogP contribution in [0.3, 0.4) is 0 Å². The topological polar surface area (TPSA) is 68.7 Å². The lowest BCUT2D eigenvalue weighted by molar-refractivity contribution is -0.141. The van der Waals surface area contributed by atoms with E-state index in [1.165, 1.54) is 19.2 Å². The molecule has 0 radical (unpaired) electrons. The van der Waals surface area contributed by atoms with E-state index in [4.69, 9.17) is 9.47 Å². The largest absolute Gasteiger partial charge is 0.503 e. The van der Waals surface area contributed by atoms with Crippen molar-refractivity contribution in [2.24, 2.45) is 0 Å². The minimum Gasteiger partial charge on any atom is -0.503 e. The second-order valence-electron chi connectivity index (χ2n) is 4.88. The van der Waals surface area contributed by atoms with Crippen molar-refractivity contribution >= 4 is 11.5 Å². The van der Waals surface area contributed by atoms with Crippen molar-refractivity contribution in [1.82, 2.24) is 4.98 Å². The van der Waals surface area contributed by atoms with Gasteiger partial charge >= 0.3 is 12.1 Å². The Morgan fingerprint density at radius 1 is 1.20 bits per heavy atom. The van der Waals surface area contributed by atoms with E-state index in [9.17, 15) is 23.1 Å². The molecule has 2 aromatic rings. The summed E-state index contributed by atoms with van der Waals surface area (Å²) in [7, 11) is 1.31. The van der Waals surface area contributed by atoms with E-state index in [1.807, 2.05) is 0 Å². The fraction of sp³-hybridized carbons (Fsp3) is 0.176. The number of nitrogens with zero attached hydrogens (tertiary/aromatic N) is 1. The summed E-state index contributed by atoms with van der Waals surface area (Å²) in [5.41, 5.74) is -0.362. The van der Waals surface area contributed by atoms with Crippen LogP contribution in [0.2, 0.25) is 0 Å². The third-order valence-electron chi connectivity index (χ3n) is 3.16. The Bertz CT molecular complexity index is 787. The molecule has 0 saturated carbocycles. The molecule has 0 spiro atoms. The average Bonchev–Trinajstić information content (AvgIpc) is 2.57. The van der Waals surface area contributed by atoms with Crippen LogP contribution in [0.1, 0.15) is 16.8 Å². The first-order valence-electron chi connectivity index (χ1n) is 7.04. The normalized spacial score (nSPS) is 11.9. The molecule has 0 amide bonds. The fourth-order valence-corrected chi connectivity index (χ4v) is 2.06. The summed E-state index contributed by atoms with van der Waals surface area (Å²) in [5.74, 6) is -1.41. The van der Waals surface area contributed by atoms with Crippen molar-refractivity contribution in [3.63, 3.8) is 0 Å². The average molecular weight is 353 g/mol. The molecule has 1 N–H and O–H groups in total. The first kappa shape index (κ1) is 18.3. The molecule has 1 aromatic carbocycles. The van der Waals surface area contributed by atoms with Gasteiger partial charge < -0.3 is 14.6 Å². The molecule has 0 aliphatic heterocycles. The summed E-state index contributed by atoms with van der Waals surface area (Å²) >= 11 is 0. The van der Waals surface area contributed by atoms with Crippen LogP contribution in [0.4, 0.5) is 13.2 Å². The molecule has 0 aliphatic carbocycles. The summed E-state index contributed by atoms with van der Waals surface area (Å²) in [5, 5.41) is 9.27. The Morgan fingerprint density at radius 2 is 1.92 bits per heavy atom. The SMILES string of the molecule is CO/C=C(/C(=O)O)c1ccccc1COc1cccc(C(F)(F)F)n1. The van der Waals surface area contributed by atoms with E-state index < -0.39 is 17.8 Å². The maximum absolute atomic E-state index is 12.7. The number of aliphatic carboxylic acids is 1. The zero-order valence-corrected chi connectivity index (χ0v) is 13.1. The predicted octanol–water partition coefficient (Wildman–Crippen LogP) is 3.75. The van der Waals surface area contributed by atoms with Crippen molar-refractivity contribution in [3.8, 4) is 5.88 Å². The van der Waals surface area contributed by atoms with Gasteiger partial charge in [-0.2, -0.15) is 13.2 Å². The van der Waals surface area contributed by atoms with Gasteiger partial charge in [-0.1, -0.05) is 30.3 Å². The van der Waals surface area contributed by atoms with Crippen molar-refractivity contribution in [3.05, 3.63) is 65.5 Å². The van der Waals surface area contributed by atoms with Crippen LogP contribution in [0.15, 0.2) is 48.7 Å². The Kier molecular flexibility index (Phi) is 5.63.